The molecule has 20 heavy (non-hydrogen) atoms. The van der Waals surface area contributed by atoms with Crippen LogP contribution >= 0.6 is 0 Å². The fourth-order valence-corrected chi connectivity index (χ4v) is 2.64. The molecule has 0 fully saturated rings. The summed E-state index contributed by atoms with van der Waals surface area (Å²) < 4.78 is 10.3. The van der Waals surface area contributed by atoms with Crippen LogP contribution in [0, 0.1) is 0 Å². The molecule has 5 nitrogen and oxygen atoms in total. The van der Waals surface area contributed by atoms with E-state index in [4.69, 9.17) is 14.9 Å². The number of esters is 1. The fourth-order valence-electron chi connectivity index (χ4n) is 2.64. The van der Waals surface area contributed by atoms with E-state index >= 15 is 0 Å². The van der Waals surface area contributed by atoms with Crippen molar-refractivity contribution >= 4 is 17.6 Å². The lowest BCUT2D eigenvalue weighted by Gasteiger charge is -2.13. The van der Waals surface area contributed by atoms with Crippen LogP contribution in [0.1, 0.15) is 29.9 Å². The first-order valence-corrected chi connectivity index (χ1v) is 6.24. The van der Waals surface area contributed by atoms with Crippen molar-refractivity contribution in [2.75, 3.05) is 12.8 Å². The molecule has 1 atom stereocenters. The van der Waals surface area contributed by atoms with Gasteiger partial charge in [0.15, 0.2) is 5.76 Å². The summed E-state index contributed by atoms with van der Waals surface area (Å²) in [7, 11) is 1.37. The molecule has 0 bridgehead atoms. The van der Waals surface area contributed by atoms with Gasteiger partial charge in [-0.15, -0.1) is 0 Å². The third-order valence-corrected chi connectivity index (χ3v) is 3.51. The van der Waals surface area contributed by atoms with Crippen molar-refractivity contribution in [1.29, 1.82) is 0 Å². The Bertz CT molecular complexity index is 701. The van der Waals surface area contributed by atoms with Gasteiger partial charge in [0.05, 0.1) is 18.6 Å². The summed E-state index contributed by atoms with van der Waals surface area (Å²) >= 11 is 0. The number of rotatable bonds is 2. The van der Waals surface area contributed by atoms with Crippen LogP contribution in [-0.4, -0.2) is 18.1 Å². The van der Waals surface area contributed by atoms with Crippen molar-refractivity contribution in [3.63, 3.8) is 0 Å². The Morgan fingerprint density at radius 1 is 1.35 bits per heavy atom. The third-order valence-electron chi connectivity index (χ3n) is 3.51. The summed E-state index contributed by atoms with van der Waals surface area (Å²) in [5.74, 6) is -0.0976. The van der Waals surface area contributed by atoms with Crippen molar-refractivity contribution in [3.8, 4) is 0 Å². The highest BCUT2D eigenvalue weighted by Gasteiger charge is 2.39. The van der Waals surface area contributed by atoms with Crippen molar-refractivity contribution in [1.82, 2.24) is 4.98 Å². The van der Waals surface area contributed by atoms with Gasteiger partial charge < -0.3 is 14.9 Å². The molecule has 1 aliphatic rings. The summed E-state index contributed by atoms with van der Waals surface area (Å²) in [5, 5.41) is 0. The van der Waals surface area contributed by atoms with E-state index < -0.39 is 0 Å². The molecule has 5 heteroatoms. The standard InChI is InChI=1S/C15H14N2O3/c1-8-10(14(18)19-2)11(9-6-4-3-5-7-9)12-13(8)20-15(16)17-12/h3-7,11H,1-2H3,(H2,16,17). The normalized spacial score (nSPS) is 17.2. The minimum Gasteiger partial charge on any atom is -0.466 e. The molecule has 1 unspecified atom stereocenters. The Morgan fingerprint density at radius 2 is 2.05 bits per heavy atom. The first-order valence-electron chi connectivity index (χ1n) is 6.24. The molecule has 1 aliphatic carbocycles. The van der Waals surface area contributed by atoms with Crippen molar-refractivity contribution < 1.29 is 13.9 Å². The van der Waals surface area contributed by atoms with Gasteiger partial charge in [0, 0.05) is 5.57 Å². The fraction of sp³-hybridized carbons (Fsp3) is 0.200. The number of aromatic nitrogens is 1. The smallest absolute Gasteiger partial charge is 0.335 e. The molecule has 1 aromatic heterocycles. The second-order valence-corrected chi connectivity index (χ2v) is 4.64. The van der Waals surface area contributed by atoms with Gasteiger partial charge in [0.1, 0.15) is 5.69 Å². The number of ether oxygens (including phenoxy) is 1. The maximum absolute atomic E-state index is 12.1. The number of benzene rings is 1. The Kier molecular flexibility index (Phi) is 2.82. The first-order chi connectivity index (χ1) is 9.63. The maximum Gasteiger partial charge on any atom is 0.335 e. The number of allylic oxidation sites excluding steroid dienone is 1. The van der Waals surface area contributed by atoms with Crippen LogP contribution in [0.15, 0.2) is 40.3 Å². The highest BCUT2D eigenvalue weighted by atomic mass is 16.5. The highest BCUT2D eigenvalue weighted by molar-refractivity contribution is 6.02. The van der Waals surface area contributed by atoms with E-state index in [0.29, 0.717) is 17.0 Å². The summed E-state index contributed by atoms with van der Waals surface area (Å²) in [6, 6.07) is 9.76. The Balaban J connectivity index is 2.21. The molecule has 0 saturated heterocycles. The number of carbonyl (C=O) groups is 1. The second kappa shape index (κ2) is 4.52. The van der Waals surface area contributed by atoms with Gasteiger partial charge in [-0.3, -0.25) is 0 Å². The summed E-state index contributed by atoms with van der Waals surface area (Å²) in [6.07, 6.45) is 0. The van der Waals surface area contributed by atoms with Gasteiger partial charge in [-0.05, 0) is 12.5 Å². The zero-order chi connectivity index (χ0) is 14.3. The number of nitrogens with zero attached hydrogens (tertiary/aromatic N) is 1. The number of nitrogen functional groups attached to an aromatic ring is 1. The van der Waals surface area contributed by atoms with Gasteiger partial charge in [-0.25, -0.2) is 4.79 Å². The van der Waals surface area contributed by atoms with E-state index in [1.165, 1.54) is 7.11 Å². The van der Waals surface area contributed by atoms with Crippen LogP contribution in [0.5, 0.6) is 0 Å². The number of oxazole rings is 1. The van der Waals surface area contributed by atoms with Crippen LogP contribution in [0.3, 0.4) is 0 Å². The summed E-state index contributed by atoms with van der Waals surface area (Å²) in [5.41, 5.74) is 8.54. The van der Waals surface area contributed by atoms with Crippen LogP contribution < -0.4 is 5.73 Å². The minimum absolute atomic E-state index is 0.110. The summed E-state index contributed by atoms with van der Waals surface area (Å²) in [6.45, 7) is 1.82. The first kappa shape index (κ1) is 12.5. The zero-order valence-electron chi connectivity index (χ0n) is 11.2. The second-order valence-electron chi connectivity index (χ2n) is 4.64. The third kappa shape index (κ3) is 1.71. The molecule has 1 aromatic carbocycles. The largest absolute Gasteiger partial charge is 0.466 e. The number of hydrogen-bond acceptors (Lipinski definition) is 5. The number of anilines is 1. The number of fused-ring (bicyclic) bond motifs is 1. The van der Waals surface area contributed by atoms with Gasteiger partial charge in [-0.1, -0.05) is 30.3 Å². The predicted octanol–water partition coefficient (Wildman–Crippen LogP) is 2.35. The maximum atomic E-state index is 12.1. The van der Waals surface area contributed by atoms with Gasteiger partial charge in [0.2, 0.25) is 0 Å². The van der Waals surface area contributed by atoms with Crippen LogP contribution in [0.2, 0.25) is 0 Å². The lowest BCUT2D eigenvalue weighted by Crippen LogP contribution is -2.13. The van der Waals surface area contributed by atoms with E-state index in [-0.39, 0.29) is 17.9 Å². The Labute approximate surface area is 116 Å². The minimum atomic E-state index is -0.372. The predicted molar refractivity (Wildman–Crippen MR) is 73.8 cm³/mol. The van der Waals surface area contributed by atoms with Gasteiger partial charge >= 0.3 is 5.97 Å². The molecule has 0 amide bonds. The molecular formula is C15H14N2O3. The lowest BCUT2D eigenvalue weighted by molar-refractivity contribution is -0.136. The lowest BCUT2D eigenvalue weighted by atomic mass is 9.91. The topological polar surface area (TPSA) is 78.3 Å². The number of nitrogens with two attached hydrogens (primary N) is 1. The molecule has 0 saturated carbocycles. The van der Waals surface area contributed by atoms with Gasteiger partial charge in [-0.2, -0.15) is 4.98 Å². The molecule has 1 heterocycles. The highest BCUT2D eigenvalue weighted by Crippen LogP contribution is 2.46. The number of hydrogen-bond donors (Lipinski definition) is 1. The zero-order valence-corrected chi connectivity index (χ0v) is 11.2. The van der Waals surface area contributed by atoms with Crippen molar-refractivity contribution in [2.45, 2.75) is 12.8 Å². The van der Waals surface area contributed by atoms with E-state index in [0.717, 1.165) is 11.1 Å². The Morgan fingerprint density at radius 3 is 2.70 bits per heavy atom. The molecule has 3 rings (SSSR count). The molecule has 0 spiro atoms. The van der Waals surface area contributed by atoms with Crippen molar-refractivity contribution in [2.24, 2.45) is 0 Å². The van der Waals surface area contributed by atoms with E-state index in [1.807, 2.05) is 37.3 Å². The average Bonchev–Trinajstić information content (AvgIpc) is 2.96. The molecule has 102 valence electrons. The number of carbonyl (C=O) groups excluding carboxylic acids is 1. The van der Waals surface area contributed by atoms with E-state index in [1.54, 1.807) is 0 Å². The number of methoxy groups -OCH3 is 1. The van der Waals surface area contributed by atoms with Crippen LogP contribution in [0.4, 0.5) is 6.01 Å². The van der Waals surface area contributed by atoms with Gasteiger partial charge in [0.25, 0.3) is 6.01 Å². The van der Waals surface area contributed by atoms with Crippen LogP contribution in [-0.2, 0) is 9.53 Å². The molecular weight excluding hydrogens is 256 g/mol. The van der Waals surface area contributed by atoms with E-state index in [2.05, 4.69) is 4.98 Å². The van der Waals surface area contributed by atoms with Crippen molar-refractivity contribution in [3.05, 3.63) is 52.9 Å². The quantitative estimate of drug-likeness (QED) is 0.847. The average molecular weight is 270 g/mol. The SMILES string of the molecule is COC(=O)C1=C(C)c2oc(N)nc2C1c1ccccc1. The molecule has 0 aliphatic heterocycles. The summed E-state index contributed by atoms with van der Waals surface area (Å²) in [4.78, 5) is 16.3. The Hall–Kier alpha value is -2.56. The van der Waals surface area contributed by atoms with E-state index in [9.17, 15) is 4.79 Å². The van der Waals surface area contributed by atoms with Crippen LogP contribution in [0.25, 0.3) is 5.57 Å². The monoisotopic (exact) mass is 270 g/mol. The molecule has 2 N–H and O–H groups in total. The molecule has 2 aromatic rings. The molecule has 0 radical (unpaired) electrons.